The highest BCUT2D eigenvalue weighted by Crippen LogP contribution is 2.21. The van der Waals surface area contributed by atoms with E-state index in [0.29, 0.717) is 24.7 Å². The van der Waals surface area contributed by atoms with Gasteiger partial charge in [0.2, 0.25) is 5.89 Å². The fourth-order valence-electron chi connectivity index (χ4n) is 3.42. The summed E-state index contributed by atoms with van der Waals surface area (Å²) in [7, 11) is 0. The molecule has 0 fully saturated rings. The smallest absolute Gasteiger partial charge is 0.276 e. The molecule has 3 aromatic rings. The molecule has 1 aromatic carbocycles. The van der Waals surface area contributed by atoms with Crippen molar-refractivity contribution in [3.8, 4) is 0 Å². The van der Waals surface area contributed by atoms with E-state index in [9.17, 15) is 9.59 Å². The predicted molar refractivity (Wildman–Crippen MR) is 109 cm³/mol. The minimum Gasteiger partial charge on any atom is -0.446 e. The van der Waals surface area contributed by atoms with Gasteiger partial charge >= 0.3 is 0 Å². The molecule has 4 rings (SSSR count). The number of aryl methyl sites for hydroxylation is 2. The van der Waals surface area contributed by atoms with Crippen LogP contribution < -0.4 is 5.32 Å². The lowest BCUT2D eigenvalue weighted by atomic mass is 10.0. The van der Waals surface area contributed by atoms with Gasteiger partial charge in [-0.3, -0.25) is 9.59 Å². The lowest BCUT2D eigenvalue weighted by molar-refractivity contribution is 0.0739. The Hall–Kier alpha value is -3.00. The molecule has 0 saturated carbocycles. The highest BCUT2D eigenvalue weighted by Gasteiger charge is 2.24. The first kappa shape index (κ1) is 19.3. The molecule has 29 heavy (non-hydrogen) atoms. The average Bonchev–Trinajstić information content (AvgIpc) is 3.32. The van der Waals surface area contributed by atoms with E-state index in [0.717, 1.165) is 17.8 Å². The van der Waals surface area contributed by atoms with E-state index in [1.807, 2.05) is 19.1 Å². The molecule has 8 heteroatoms. The van der Waals surface area contributed by atoms with Gasteiger partial charge < -0.3 is 14.6 Å². The normalized spacial score (nSPS) is 14.8. The lowest BCUT2D eigenvalue weighted by Gasteiger charge is -2.19. The van der Waals surface area contributed by atoms with Crippen molar-refractivity contribution in [3.63, 3.8) is 0 Å². The molecule has 1 atom stereocenters. The van der Waals surface area contributed by atoms with E-state index in [-0.39, 0.29) is 17.5 Å². The van der Waals surface area contributed by atoms with Crippen molar-refractivity contribution in [3.05, 3.63) is 69.3 Å². The van der Waals surface area contributed by atoms with Gasteiger partial charge in [-0.15, -0.1) is 11.3 Å². The number of aromatic nitrogens is 2. The van der Waals surface area contributed by atoms with Crippen molar-refractivity contribution in [2.45, 2.75) is 39.3 Å². The van der Waals surface area contributed by atoms with Gasteiger partial charge in [0.1, 0.15) is 18.0 Å². The molecule has 1 aliphatic heterocycles. The maximum atomic E-state index is 13.0. The first-order valence-corrected chi connectivity index (χ1v) is 10.4. The van der Waals surface area contributed by atoms with Crippen LogP contribution in [0.15, 0.2) is 40.3 Å². The molecular formula is C21H22N4O3S. The van der Waals surface area contributed by atoms with Gasteiger partial charge in [-0.1, -0.05) is 24.3 Å². The third kappa shape index (κ3) is 4.22. The van der Waals surface area contributed by atoms with Crippen LogP contribution in [-0.4, -0.2) is 33.2 Å². The van der Waals surface area contributed by atoms with E-state index < -0.39 is 6.04 Å². The summed E-state index contributed by atoms with van der Waals surface area (Å²) < 4.78 is 5.49. The number of hydrogen-bond acceptors (Lipinski definition) is 6. The van der Waals surface area contributed by atoms with E-state index in [1.54, 1.807) is 17.2 Å². The number of nitrogens with zero attached hydrogens (tertiary/aromatic N) is 3. The second-order valence-electron chi connectivity index (χ2n) is 7.12. The summed E-state index contributed by atoms with van der Waals surface area (Å²) in [4.78, 5) is 35.5. The average molecular weight is 410 g/mol. The van der Waals surface area contributed by atoms with Crippen molar-refractivity contribution in [1.29, 1.82) is 0 Å². The summed E-state index contributed by atoms with van der Waals surface area (Å²) in [5, 5.41) is 5.34. The summed E-state index contributed by atoms with van der Waals surface area (Å²) in [6.07, 6.45) is 3.24. The molecule has 0 aliphatic carbocycles. The van der Waals surface area contributed by atoms with Crippen LogP contribution in [0.1, 0.15) is 62.4 Å². The van der Waals surface area contributed by atoms with Gasteiger partial charge in [0.05, 0.1) is 5.01 Å². The zero-order valence-corrected chi connectivity index (χ0v) is 17.2. The van der Waals surface area contributed by atoms with Crippen molar-refractivity contribution >= 4 is 23.2 Å². The topological polar surface area (TPSA) is 88.3 Å². The monoisotopic (exact) mass is 410 g/mol. The Kier molecular flexibility index (Phi) is 5.44. The Bertz CT molecular complexity index is 1040. The van der Waals surface area contributed by atoms with Crippen LogP contribution in [0.3, 0.4) is 0 Å². The van der Waals surface area contributed by atoms with E-state index >= 15 is 0 Å². The van der Waals surface area contributed by atoms with Crippen molar-refractivity contribution in [2.75, 3.05) is 6.54 Å². The molecule has 0 unspecified atom stereocenters. The highest BCUT2D eigenvalue weighted by molar-refractivity contribution is 7.09. The van der Waals surface area contributed by atoms with Gasteiger partial charge in [0.15, 0.2) is 5.69 Å². The second kappa shape index (κ2) is 8.16. The van der Waals surface area contributed by atoms with Gasteiger partial charge in [-0.05, 0) is 37.8 Å². The largest absolute Gasteiger partial charge is 0.446 e. The highest BCUT2D eigenvalue weighted by atomic mass is 32.1. The standard InChI is InChI=1S/C21H22N4O3S/c1-13(22-19(26)18-12-29-14(2)23-18)20-24-17(11-28-20)21(27)25-9-5-8-15-6-3-4-7-16(15)10-25/h3-4,6-7,11-13H,5,8-10H2,1-2H3,(H,22,26)/t13-/m0/s1. The van der Waals surface area contributed by atoms with E-state index in [4.69, 9.17) is 4.42 Å². The molecule has 0 radical (unpaired) electrons. The summed E-state index contributed by atoms with van der Waals surface area (Å²) in [6.45, 7) is 4.84. The van der Waals surface area contributed by atoms with Crippen LogP contribution in [0.2, 0.25) is 0 Å². The molecule has 7 nitrogen and oxygen atoms in total. The van der Waals surface area contributed by atoms with Gasteiger partial charge in [0, 0.05) is 18.5 Å². The fraction of sp³-hybridized carbons (Fsp3) is 0.333. The Labute approximate surface area is 172 Å². The molecular weight excluding hydrogens is 388 g/mol. The number of nitrogens with one attached hydrogen (secondary N) is 1. The van der Waals surface area contributed by atoms with Crippen molar-refractivity contribution in [1.82, 2.24) is 20.2 Å². The SMILES string of the molecule is Cc1nc(C(=O)N[C@@H](C)c2nc(C(=O)N3CCCc4ccccc4C3)co2)cs1. The first-order valence-electron chi connectivity index (χ1n) is 9.55. The van der Waals surface area contributed by atoms with Crippen LogP contribution in [0.4, 0.5) is 0 Å². The molecule has 1 aliphatic rings. The molecule has 150 valence electrons. The van der Waals surface area contributed by atoms with Crippen LogP contribution in [-0.2, 0) is 13.0 Å². The summed E-state index contributed by atoms with van der Waals surface area (Å²) in [6, 6.07) is 7.73. The molecule has 0 saturated heterocycles. The van der Waals surface area contributed by atoms with Crippen molar-refractivity contribution in [2.24, 2.45) is 0 Å². The van der Waals surface area contributed by atoms with Crippen LogP contribution in [0, 0.1) is 6.92 Å². The minimum atomic E-state index is -0.476. The van der Waals surface area contributed by atoms with Gasteiger partial charge in [-0.2, -0.15) is 0 Å². The quantitative estimate of drug-likeness (QED) is 0.711. The number of fused-ring (bicyclic) bond motifs is 1. The Balaban J connectivity index is 1.44. The van der Waals surface area contributed by atoms with Crippen LogP contribution in [0.5, 0.6) is 0 Å². The summed E-state index contributed by atoms with van der Waals surface area (Å²) >= 11 is 1.42. The zero-order valence-electron chi connectivity index (χ0n) is 16.3. The number of amides is 2. The van der Waals surface area contributed by atoms with Gasteiger partial charge in [0.25, 0.3) is 11.8 Å². The molecule has 3 heterocycles. The Morgan fingerprint density at radius 2 is 2.00 bits per heavy atom. The lowest BCUT2D eigenvalue weighted by Crippen LogP contribution is -2.31. The number of oxazole rings is 1. The maximum Gasteiger partial charge on any atom is 0.276 e. The number of rotatable bonds is 4. The van der Waals surface area contributed by atoms with E-state index in [2.05, 4.69) is 27.4 Å². The number of thiazole rings is 1. The third-order valence-electron chi connectivity index (χ3n) is 4.95. The van der Waals surface area contributed by atoms with Crippen molar-refractivity contribution < 1.29 is 14.0 Å². The zero-order chi connectivity index (χ0) is 20.4. The minimum absolute atomic E-state index is 0.162. The Morgan fingerprint density at radius 1 is 1.21 bits per heavy atom. The number of carbonyl (C=O) groups excluding carboxylic acids is 2. The third-order valence-corrected chi connectivity index (χ3v) is 5.73. The molecule has 0 bridgehead atoms. The van der Waals surface area contributed by atoms with E-state index in [1.165, 1.54) is 28.7 Å². The second-order valence-corrected chi connectivity index (χ2v) is 8.18. The first-order chi connectivity index (χ1) is 14.0. The molecule has 1 N–H and O–H groups in total. The maximum absolute atomic E-state index is 13.0. The molecule has 2 aromatic heterocycles. The number of benzene rings is 1. The number of carbonyl (C=O) groups is 2. The van der Waals surface area contributed by atoms with Crippen LogP contribution in [0.25, 0.3) is 0 Å². The molecule has 2 amide bonds. The number of hydrogen-bond donors (Lipinski definition) is 1. The summed E-state index contributed by atoms with van der Waals surface area (Å²) in [5.74, 6) is -0.161. The molecule has 0 spiro atoms. The Morgan fingerprint density at radius 3 is 2.76 bits per heavy atom. The van der Waals surface area contributed by atoms with Crippen LogP contribution >= 0.6 is 11.3 Å². The fourth-order valence-corrected chi connectivity index (χ4v) is 4.01. The predicted octanol–water partition coefficient (Wildman–Crippen LogP) is 3.52. The summed E-state index contributed by atoms with van der Waals surface area (Å²) in [5.41, 5.74) is 3.08. The van der Waals surface area contributed by atoms with Gasteiger partial charge in [-0.25, -0.2) is 9.97 Å².